The predicted octanol–water partition coefficient (Wildman–Crippen LogP) is 4.31. The molecule has 0 amide bonds. The first-order valence-electron chi connectivity index (χ1n) is 6.39. The van der Waals surface area contributed by atoms with Crippen molar-refractivity contribution in [3.8, 4) is 0 Å². The summed E-state index contributed by atoms with van der Waals surface area (Å²) in [5, 5.41) is 0. The summed E-state index contributed by atoms with van der Waals surface area (Å²) in [5.41, 5.74) is 0.170. The summed E-state index contributed by atoms with van der Waals surface area (Å²) < 4.78 is 37.9. The van der Waals surface area contributed by atoms with Crippen LogP contribution in [0.1, 0.15) is 24.5 Å². The van der Waals surface area contributed by atoms with Crippen LogP contribution in [0.5, 0.6) is 0 Å². The lowest BCUT2D eigenvalue weighted by Crippen LogP contribution is -2.39. The van der Waals surface area contributed by atoms with Crippen LogP contribution in [0.3, 0.4) is 0 Å². The van der Waals surface area contributed by atoms with E-state index >= 15 is 0 Å². The maximum atomic E-state index is 12.6. The van der Waals surface area contributed by atoms with Gasteiger partial charge in [0, 0.05) is 17.9 Å². The van der Waals surface area contributed by atoms with E-state index in [1.807, 2.05) is 0 Å². The van der Waals surface area contributed by atoms with Crippen molar-refractivity contribution < 1.29 is 13.2 Å². The van der Waals surface area contributed by atoms with Crippen LogP contribution in [-0.4, -0.2) is 22.8 Å². The van der Waals surface area contributed by atoms with E-state index in [9.17, 15) is 13.2 Å². The predicted molar refractivity (Wildman–Crippen MR) is 73.2 cm³/mol. The summed E-state index contributed by atoms with van der Waals surface area (Å²) >= 11 is 3.63. The highest BCUT2D eigenvalue weighted by atomic mass is 79.9. The number of piperidine rings is 1. The van der Waals surface area contributed by atoms with Gasteiger partial charge in [0.05, 0.1) is 5.56 Å². The third-order valence-electron chi connectivity index (χ3n) is 3.55. The van der Waals surface area contributed by atoms with E-state index in [-0.39, 0.29) is 0 Å². The Bertz CT molecular complexity index is 433. The Morgan fingerprint density at radius 2 is 2.11 bits per heavy atom. The quantitative estimate of drug-likeness (QED) is 0.728. The maximum Gasteiger partial charge on any atom is 0.416 e. The molecule has 1 aliphatic rings. The number of likely N-dealkylation sites (tertiary alicyclic amines) is 1. The molecule has 0 N–H and O–H groups in total. The second kappa shape index (κ2) is 5.83. The van der Waals surface area contributed by atoms with Crippen molar-refractivity contribution in [1.82, 2.24) is 4.90 Å². The highest BCUT2D eigenvalue weighted by Crippen LogP contribution is 2.30. The minimum atomic E-state index is -4.26. The average Bonchev–Trinajstić information content (AvgIpc) is 2.33. The number of hydrogen-bond donors (Lipinski definition) is 0. The van der Waals surface area contributed by atoms with Crippen molar-refractivity contribution in [2.45, 2.75) is 30.9 Å². The lowest BCUT2D eigenvalue weighted by Gasteiger charge is -2.34. The van der Waals surface area contributed by atoms with Gasteiger partial charge in [0.15, 0.2) is 0 Å². The van der Waals surface area contributed by atoms with Crippen LogP contribution in [0, 0.1) is 5.92 Å². The normalized spacial score (nSPS) is 25.5. The standard InChI is InChI=1S/C14H17BrF3N/c1-10-8-19(6-5-13(10)15)9-11-3-2-4-12(7-11)14(16,17)18/h2-4,7,10,13H,5-6,8-9H2,1H3. The van der Waals surface area contributed by atoms with E-state index in [4.69, 9.17) is 0 Å². The molecular formula is C14H17BrF3N. The fraction of sp³-hybridized carbons (Fsp3) is 0.571. The lowest BCUT2D eigenvalue weighted by atomic mass is 9.99. The monoisotopic (exact) mass is 335 g/mol. The second-order valence-electron chi connectivity index (χ2n) is 5.22. The molecule has 1 aliphatic heterocycles. The molecule has 5 heteroatoms. The zero-order valence-electron chi connectivity index (χ0n) is 10.8. The third kappa shape index (κ3) is 3.96. The summed E-state index contributed by atoms with van der Waals surface area (Å²) in [6, 6.07) is 5.63. The molecule has 0 saturated carbocycles. The van der Waals surface area contributed by atoms with Crippen LogP contribution in [0.4, 0.5) is 13.2 Å². The van der Waals surface area contributed by atoms with Crippen LogP contribution in [-0.2, 0) is 12.7 Å². The molecule has 106 valence electrons. The number of nitrogens with zero attached hydrogens (tertiary/aromatic N) is 1. The van der Waals surface area contributed by atoms with E-state index in [1.165, 1.54) is 12.1 Å². The van der Waals surface area contributed by atoms with Gasteiger partial charge in [-0.3, -0.25) is 4.90 Å². The number of alkyl halides is 4. The topological polar surface area (TPSA) is 3.24 Å². The van der Waals surface area contributed by atoms with Gasteiger partial charge in [-0.2, -0.15) is 13.2 Å². The second-order valence-corrected chi connectivity index (χ2v) is 6.39. The summed E-state index contributed by atoms with van der Waals surface area (Å²) in [4.78, 5) is 2.74. The third-order valence-corrected chi connectivity index (χ3v) is 4.91. The summed E-state index contributed by atoms with van der Waals surface area (Å²) in [7, 11) is 0. The average molecular weight is 336 g/mol. The lowest BCUT2D eigenvalue weighted by molar-refractivity contribution is -0.137. The molecule has 2 unspecified atom stereocenters. The van der Waals surface area contributed by atoms with Gasteiger partial charge in [-0.15, -0.1) is 0 Å². The van der Waals surface area contributed by atoms with Gasteiger partial charge in [0.2, 0.25) is 0 Å². The van der Waals surface area contributed by atoms with Gasteiger partial charge < -0.3 is 0 Å². The zero-order chi connectivity index (χ0) is 14.0. The molecule has 2 atom stereocenters. The molecule has 2 rings (SSSR count). The fourth-order valence-electron chi connectivity index (χ4n) is 2.45. The summed E-state index contributed by atoms with van der Waals surface area (Å²) in [5.74, 6) is 0.527. The van der Waals surface area contributed by atoms with Crippen LogP contribution < -0.4 is 0 Å². The van der Waals surface area contributed by atoms with E-state index in [2.05, 4.69) is 27.8 Å². The van der Waals surface area contributed by atoms with Crippen LogP contribution in [0.2, 0.25) is 0 Å². The zero-order valence-corrected chi connectivity index (χ0v) is 12.3. The van der Waals surface area contributed by atoms with Crippen molar-refractivity contribution in [2.75, 3.05) is 13.1 Å². The molecule has 1 fully saturated rings. The fourth-order valence-corrected chi connectivity index (χ4v) is 2.82. The molecular weight excluding hydrogens is 319 g/mol. The largest absolute Gasteiger partial charge is 0.416 e. The molecule has 0 bridgehead atoms. The minimum absolute atomic E-state index is 0.519. The van der Waals surface area contributed by atoms with Crippen LogP contribution in [0.25, 0.3) is 0 Å². The van der Waals surface area contributed by atoms with Gasteiger partial charge >= 0.3 is 6.18 Å². The highest BCUT2D eigenvalue weighted by molar-refractivity contribution is 9.09. The molecule has 0 radical (unpaired) electrons. The maximum absolute atomic E-state index is 12.6. The first-order chi connectivity index (χ1) is 8.86. The smallest absolute Gasteiger partial charge is 0.299 e. The SMILES string of the molecule is CC1CN(Cc2cccc(C(F)(F)F)c2)CCC1Br. The Hall–Kier alpha value is -0.550. The van der Waals surface area contributed by atoms with E-state index in [0.29, 0.717) is 17.3 Å². The number of rotatable bonds is 2. The van der Waals surface area contributed by atoms with Crippen molar-refractivity contribution in [2.24, 2.45) is 5.92 Å². The first kappa shape index (κ1) is 14.9. The van der Waals surface area contributed by atoms with Crippen molar-refractivity contribution in [3.63, 3.8) is 0 Å². The van der Waals surface area contributed by atoms with E-state index < -0.39 is 11.7 Å². The van der Waals surface area contributed by atoms with Gasteiger partial charge in [0.1, 0.15) is 0 Å². The van der Waals surface area contributed by atoms with Crippen molar-refractivity contribution >= 4 is 15.9 Å². The van der Waals surface area contributed by atoms with Crippen LogP contribution >= 0.6 is 15.9 Å². The Morgan fingerprint density at radius 3 is 2.74 bits per heavy atom. The number of halogens is 4. The van der Waals surface area contributed by atoms with Gasteiger partial charge in [-0.1, -0.05) is 41.1 Å². The molecule has 1 aromatic rings. The molecule has 1 heterocycles. The Balaban J connectivity index is 2.04. The molecule has 1 aromatic carbocycles. The van der Waals surface area contributed by atoms with E-state index in [1.54, 1.807) is 6.07 Å². The Morgan fingerprint density at radius 1 is 1.37 bits per heavy atom. The van der Waals surface area contributed by atoms with Gasteiger partial charge in [-0.05, 0) is 30.5 Å². The summed E-state index contributed by atoms with van der Waals surface area (Å²) in [6.07, 6.45) is -3.22. The molecule has 1 nitrogen and oxygen atoms in total. The Kier molecular flexibility index (Phi) is 4.56. The first-order valence-corrected chi connectivity index (χ1v) is 7.30. The molecule has 19 heavy (non-hydrogen) atoms. The van der Waals surface area contributed by atoms with Crippen molar-refractivity contribution in [3.05, 3.63) is 35.4 Å². The van der Waals surface area contributed by atoms with Crippen LogP contribution in [0.15, 0.2) is 24.3 Å². The van der Waals surface area contributed by atoms with E-state index in [0.717, 1.165) is 31.1 Å². The number of benzene rings is 1. The molecule has 1 saturated heterocycles. The van der Waals surface area contributed by atoms with Gasteiger partial charge in [-0.25, -0.2) is 0 Å². The van der Waals surface area contributed by atoms with Crippen molar-refractivity contribution in [1.29, 1.82) is 0 Å². The highest BCUT2D eigenvalue weighted by Gasteiger charge is 2.30. The molecule has 0 aromatic heterocycles. The minimum Gasteiger partial charge on any atom is -0.299 e. The number of hydrogen-bond acceptors (Lipinski definition) is 1. The van der Waals surface area contributed by atoms with Gasteiger partial charge in [0.25, 0.3) is 0 Å². The molecule has 0 spiro atoms. The molecule has 0 aliphatic carbocycles. The Labute approximate surface area is 119 Å². The summed E-state index contributed by atoms with van der Waals surface area (Å²) in [6.45, 7) is 4.61.